The van der Waals surface area contributed by atoms with Crippen molar-refractivity contribution in [1.29, 1.82) is 0 Å². The number of hydrogen-bond donors (Lipinski definition) is 0. The molecule has 3 heteroatoms. The van der Waals surface area contributed by atoms with E-state index in [2.05, 4.69) is 101 Å². The van der Waals surface area contributed by atoms with Crippen LogP contribution in [-0.4, -0.2) is 0 Å². The lowest BCUT2D eigenvalue weighted by atomic mass is 9.90. The lowest BCUT2D eigenvalue weighted by Gasteiger charge is -2.15. The molecule has 0 amide bonds. The molecule has 6 aromatic carbocycles. The summed E-state index contributed by atoms with van der Waals surface area (Å²) in [4.78, 5) is 0. The van der Waals surface area contributed by atoms with Crippen molar-refractivity contribution in [3.05, 3.63) is 108 Å². The molecule has 164 valence electrons. The van der Waals surface area contributed by atoms with E-state index in [0.717, 1.165) is 53.9 Å². The van der Waals surface area contributed by atoms with Gasteiger partial charge in [-0.1, -0.05) is 78.9 Å². The summed E-state index contributed by atoms with van der Waals surface area (Å²) in [6.07, 6.45) is 0. The van der Waals surface area contributed by atoms with Gasteiger partial charge < -0.3 is 8.83 Å². The number of rotatable bonds is 1. The summed E-state index contributed by atoms with van der Waals surface area (Å²) < 4.78 is 13.9. The zero-order chi connectivity index (χ0) is 23.1. The van der Waals surface area contributed by atoms with Crippen LogP contribution in [0.2, 0.25) is 0 Å². The summed E-state index contributed by atoms with van der Waals surface area (Å²) in [5, 5.41) is 9.19. The van der Waals surface area contributed by atoms with Gasteiger partial charge in [0, 0.05) is 26.0 Å². The van der Waals surface area contributed by atoms with Crippen LogP contribution in [0, 0.1) is 0 Å². The van der Waals surface area contributed by atoms with Crippen molar-refractivity contribution in [1.82, 2.24) is 0 Å². The Balaban J connectivity index is 1.57. The normalized spacial score (nSPS) is 12.1. The van der Waals surface area contributed by atoms with E-state index in [1.165, 1.54) is 27.1 Å². The summed E-state index contributed by atoms with van der Waals surface area (Å²) in [5.74, 6) is 0. The SMILES string of the molecule is Brc1c2ccccc2c(-c2cccc3oc4c(ccc5c6ccccc6oc54)c23)c2ccccc12. The number of hydrogen-bond acceptors (Lipinski definition) is 2. The summed E-state index contributed by atoms with van der Waals surface area (Å²) >= 11 is 3.88. The first-order valence-electron chi connectivity index (χ1n) is 11.6. The number of halogens is 1. The van der Waals surface area contributed by atoms with Gasteiger partial charge in [-0.3, -0.25) is 0 Å². The molecule has 0 spiro atoms. The van der Waals surface area contributed by atoms with Crippen molar-refractivity contribution in [2.24, 2.45) is 0 Å². The predicted molar refractivity (Wildman–Crippen MR) is 149 cm³/mol. The zero-order valence-corrected chi connectivity index (χ0v) is 20.1. The summed E-state index contributed by atoms with van der Waals surface area (Å²) in [6, 6.07) is 36.0. The van der Waals surface area contributed by atoms with E-state index in [1.54, 1.807) is 0 Å². The minimum Gasteiger partial charge on any atom is -0.452 e. The van der Waals surface area contributed by atoms with E-state index in [1.807, 2.05) is 18.2 Å². The molecule has 0 bridgehead atoms. The highest BCUT2D eigenvalue weighted by Gasteiger charge is 2.21. The lowest BCUT2D eigenvalue weighted by molar-refractivity contribution is 0.633. The molecule has 0 aliphatic heterocycles. The Hall–Kier alpha value is -4.08. The molecule has 8 rings (SSSR count). The van der Waals surface area contributed by atoms with Crippen molar-refractivity contribution >= 4 is 81.4 Å². The van der Waals surface area contributed by atoms with E-state index in [0.29, 0.717) is 0 Å². The third-order valence-corrected chi connectivity index (χ3v) is 8.00. The molecule has 0 atom stereocenters. The van der Waals surface area contributed by atoms with Gasteiger partial charge in [-0.2, -0.15) is 0 Å². The second-order valence-corrected chi connectivity index (χ2v) is 9.77. The number of fused-ring (bicyclic) bond motifs is 9. The van der Waals surface area contributed by atoms with Crippen LogP contribution < -0.4 is 0 Å². The molecule has 0 aliphatic rings. The minimum atomic E-state index is 0.798. The molecule has 0 N–H and O–H groups in total. The summed E-state index contributed by atoms with van der Waals surface area (Å²) in [6.45, 7) is 0. The van der Waals surface area contributed by atoms with Gasteiger partial charge in [0.05, 0.1) is 0 Å². The standard InChI is InChI=1S/C32H17BrO2/c33-30-21-11-3-1-9-19(21)28(20-10-2-4-12-22(20)30)24-13-7-15-27-29(24)25-17-16-23-18-8-5-6-14-26(18)34-31(23)32(25)35-27/h1-17H. The predicted octanol–water partition coefficient (Wildman–Crippen LogP) is 10.2. The molecule has 0 unspecified atom stereocenters. The molecule has 35 heavy (non-hydrogen) atoms. The smallest absolute Gasteiger partial charge is 0.178 e. The Morgan fingerprint density at radius 1 is 0.429 bits per heavy atom. The lowest BCUT2D eigenvalue weighted by Crippen LogP contribution is -1.88. The largest absolute Gasteiger partial charge is 0.452 e. The first kappa shape index (κ1) is 19.2. The molecule has 0 saturated carbocycles. The first-order chi connectivity index (χ1) is 17.3. The first-order valence-corrected chi connectivity index (χ1v) is 12.4. The summed E-state index contributed by atoms with van der Waals surface area (Å²) in [5.41, 5.74) is 5.72. The van der Waals surface area contributed by atoms with Crippen LogP contribution in [0.4, 0.5) is 0 Å². The fraction of sp³-hybridized carbons (Fsp3) is 0. The highest BCUT2D eigenvalue weighted by molar-refractivity contribution is 9.10. The van der Waals surface area contributed by atoms with Crippen molar-refractivity contribution in [3.8, 4) is 11.1 Å². The van der Waals surface area contributed by atoms with Gasteiger partial charge in [-0.15, -0.1) is 0 Å². The van der Waals surface area contributed by atoms with Crippen molar-refractivity contribution in [2.75, 3.05) is 0 Å². The Labute approximate surface area is 208 Å². The van der Waals surface area contributed by atoms with Crippen LogP contribution in [0.25, 0.3) is 76.5 Å². The maximum absolute atomic E-state index is 6.50. The second kappa shape index (κ2) is 6.97. The fourth-order valence-corrected chi connectivity index (χ4v) is 6.33. The van der Waals surface area contributed by atoms with Crippen LogP contribution in [0.5, 0.6) is 0 Å². The van der Waals surface area contributed by atoms with E-state index >= 15 is 0 Å². The van der Waals surface area contributed by atoms with Crippen molar-refractivity contribution in [2.45, 2.75) is 0 Å². The highest BCUT2D eigenvalue weighted by atomic mass is 79.9. The van der Waals surface area contributed by atoms with E-state index < -0.39 is 0 Å². The van der Waals surface area contributed by atoms with Gasteiger partial charge in [0.15, 0.2) is 11.2 Å². The van der Waals surface area contributed by atoms with Gasteiger partial charge in [-0.25, -0.2) is 0 Å². The van der Waals surface area contributed by atoms with Crippen LogP contribution in [0.15, 0.2) is 116 Å². The quantitative estimate of drug-likeness (QED) is 0.204. The topological polar surface area (TPSA) is 26.3 Å². The third kappa shape index (κ3) is 2.53. The maximum Gasteiger partial charge on any atom is 0.178 e. The second-order valence-electron chi connectivity index (χ2n) is 8.98. The fourth-order valence-electron chi connectivity index (χ4n) is 5.64. The molecule has 2 heterocycles. The zero-order valence-electron chi connectivity index (χ0n) is 18.5. The molecular weight excluding hydrogens is 496 g/mol. The van der Waals surface area contributed by atoms with Crippen molar-refractivity contribution in [3.63, 3.8) is 0 Å². The molecule has 0 saturated heterocycles. The van der Waals surface area contributed by atoms with Gasteiger partial charge >= 0.3 is 0 Å². The Bertz CT molecular complexity index is 2070. The average molecular weight is 513 g/mol. The van der Waals surface area contributed by atoms with Crippen LogP contribution in [-0.2, 0) is 0 Å². The van der Waals surface area contributed by atoms with E-state index in [-0.39, 0.29) is 0 Å². The highest BCUT2D eigenvalue weighted by Crippen LogP contribution is 2.46. The molecule has 0 aliphatic carbocycles. The number of benzene rings is 6. The monoisotopic (exact) mass is 512 g/mol. The third-order valence-electron chi connectivity index (χ3n) is 7.14. The van der Waals surface area contributed by atoms with Crippen LogP contribution >= 0.6 is 15.9 Å². The van der Waals surface area contributed by atoms with Gasteiger partial charge in [0.1, 0.15) is 11.2 Å². The molecule has 2 nitrogen and oxygen atoms in total. The van der Waals surface area contributed by atoms with Gasteiger partial charge in [0.2, 0.25) is 0 Å². The van der Waals surface area contributed by atoms with Crippen LogP contribution in [0.1, 0.15) is 0 Å². The Morgan fingerprint density at radius 2 is 0.971 bits per heavy atom. The van der Waals surface area contributed by atoms with Crippen LogP contribution in [0.3, 0.4) is 0 Å². The van der Waals surface area contributed by atoms with E-state index in [9.17, 15) is 0 Å². The molecule has 0 radical (unpaired) electrons. The Kier molecular flexibility index (Phi) is 3.83. The molecule has 2 aromatic heterocycles. The molecule has 8 aromatic rings. The Morgan fingerprint density at radius 3 is 1.71 bits per heavy atom. The maximum atomic E-state index is 6.50. The number of furan rings is 2. The van der Waals surface area contributed by atoms with Gasteiger partial charge in [0.25, 0.3) is 0 Å². The number of para-hydroxylation sites is 1. The minimum absolute atomic E-state index is 0.798. The molecular formula is C32H17BrO2. The molecule has 0 fully saturated rings. The van der Waals surface area contributed by atoms with Crippen molar-refractivity contribution < 1.29 is 8.83 Å². The van der Waals surface area contributed by atoms with Gasteiger partial charge in [-0.05, 0) is 72.9 Å². The van der Waals surface area contributed by atoms with E-state index in [4.69, 9.17) is 8.83 Å². The summed E-state index contributed by atoms with van der Waals surface area (Å²) in [7, 11) is 0. The average Bonchev–Trinajstić information content (AvgIpc) is 3.48.